The summed E-state index contributed by atoms with van der Waals surface area (Å²) in [6, 6.07) is 36.4. The zero-order valence-electron chi connectivity index (χ0n) is 17.7. The van der Waals surface area contributed by atoms with Crippen LogP contribution in [-0.4, -0.2) is 12.2 Å². The Morgan fingerprint density at radius 3 is 1.71 bits per heavy atom. The molecule has 0 unspecified atom stereocenters. The third-order valence-corrected chi connectivity index (χ3v) is 8.20. The van der Waals surface area contributed by atoms with Crippen molar-refractivity contribution in [2.75, 3.05) is 0 Å². The molecule has 1 aliphatic rings. The van der Waals surface area contributed by atoms with Crippen LogP contribution in [0.15, 0.2) is 103 Å². The van der Waals surface area contributed by atoms with E-state index < -0.39 is 7.92 Å². The fourth-order valence-electron chi connectivity index (χ4n) is 4.02. The molecule has 0 N–H and O–H groups in total. The first kappa shape index (κ1) is 19.8. The zero-order valence-corrected chi connectivity index (χ0v) is 18.6. The molecule has 0 fully saturated rings. The molecule has 31 heavy (non-hydrogen) atoms. The van der Waals surface area contributed by atoms with Crippen molar-refractivity contribution in [3.05, 3.63) is 103 Å². The topological polar surface area (TPSA) is 18.5 Å². The largest absolute Gasteiger partial charge is 0.486 e. The van der Waals surface area contributed by atoms with E-state index in [0.29, 0.717) is 0 Å². The summed E-state index contributed by atoms with van der Waals surface area (Å²) in [6.45, 7) is 4.14. The summed E-state index contributed by atoms with van der Waals surface area (Å²) in [6.07, 6.45) is -0.0928. The summed E-state index contributed by atoms with van der Waals surface area (Å²) < 4.78 is 12.8. The van der Waals surface area contributed by atoms with Crippen LogP contribution in [0.1, 0.15) is 13.8 Å². The van der Waals surface area contributed by atoms with Gasteiger partial charge in [-0.2, -0.15) is 0 Å². The van der Waals surface area contributed by atoms with Gasteiger partial charge in [0.1, 0.15) is 23.7 Å². The molecular formula is C28H25O2P. The number of para-hydroxylation sites is 1. The number of fused-ring (bicyclic) bond motifs is 3. The van der Waals surface area contributed by atoms with Crippen molar-refractivity contribution in [1.82, 2.24) is 0 Å². The minimum absolute atomic E-state index is 0.0392. The van der Waals surface area contributed by atoms with Gasteiger partial charge in [-0.25, -0.2) is 0 Å². The highest BCUT2D eigenvalue weighted by Crippen LogP contribution is 2.44. The molecule has 0 spiro atoms. The van der Waals surface area contributed by atoms with E-state index in [9.17, 15) is 0 Å². The Balaban J connectivity index is 1.79. The summed E-state index contributed by atoms with van der Waals surface area (Å²) in [5, 5.41) is 3.92. The monoisotopic (exact) mass is 424 g/mol. The number of ether oxygens (including phenoxy) is 2. The van der Waals surface area contributed by atoms with Gasteiger partial charge < -0.3 is 9.47 Å². The minimum Gasteiger partial charge on any atom is -0.486 e. The highest BCUT2D eigenvalue weighted by atomic mass is 31.1. The maximum absolute atomic E-state index is 6.45. The molecule has 4 aromatic carbocycles. The Morgan fingerprint density at radius 1 is 0.548 bits per heavy atom. The van der Waals surface area contributed by atoms with Gasteiger partial charge in [-0.3, -0.25) is 0 Å². The number of rotatable bonds is 3. The molecule has 0 saturated carbocycles. The van der Waals surface area contributed by atoms with E-state index in [1.807, 2.05) is 6.07 Å². The van der Waals surface area contributed by atoms with Crippen molar-refractivity contribution >= 4 is 23.8 Å². The van der Waals surface area contributed by atoms with Gasteiger partial charge in [0.25, 0.3) is 0 Å². The second-order valence-electron chi connectivity index (χ2n) is 7.80. The Morgan fingerprint density at radius 2 is 1.06 bits per heavy atom. The van der Waals surface area contributed by atoms with Crippen molar-refractivity contribution in [2.45, 2.75) is 26.1 Å². The van der Waals surface area contributed by atoms with Crippen LogP contribution < -0.4 is 25.4 Å². The Hall–Kier alpha value is -3.09. The lowest BCUT2D eigenvalue weighted by atomic mass is 10.0. The molecule has 0 radical (unpaired) electrons. The van der Waals surface area contributed by atoms with Crippen molar-refractivity contribution in [3.8, 4) is 22.6 Å². The van der Waals surface area contributed by atoms with Gasteiger partial charge in [-0.15, -0.1) is 0 Å². The minimum atomic E-state index is -0.767. The second-order valence-corrected chi connectivity index (χ2v) is 9.98. The average Bonchev–Trinajstić information content (AvgIpc) is 2.81. The summed E-state index contributed by atoms with van der Waals surface area (Å²) in [5.41, 5.74) is 2.22. The molecule has 154 valence electrons. The molecule has 0 saturated heterocycles. The van der Waals surface area contributed by atoms with E-state index in [-0.39, 0.29) is 12.2 Å². The van der Waals surface area contributed by atoms with Crippen molar-refractivity contribution in [3.63, 3.8) is 0 Å². The lowest BCUT2D eigenvalue weighted by molar-refractivity contribution is 0.0762. The highest BCUT2D eigenvalue weighted by Gasteiger charge is 2.28. The number of hydrogen-bond acceptors (Lipinski definition) is 2. The molecule has 0 aromatic heterocycles. The predicted octanol–water partition coefficient (Wildman–Crippen LogP) is 5.66. The van der Waals surface area contributed by atoms with E-state index >= 15 is 0 Å². The molecule has 0 bridgehead atoms. The van der Waals surface area contributed by atoms with Gasteiger partial charge in [-0.05, 0) is 49.8 Å². The molecule has 2 atom stereocenters. The predicted molar refractivity (Wildman–Crippen MR) is 131 cm³/mol. The summed E-state index contributed by atoms with van der Waals surface area (Å²) in [4.78, 5) is 0. The van der Waals surface area contributed by atoms with Gasteiger partial charge in [0.05, 0.1) is 0 Å². The van der Waals surface area contributed by atoms with Crippen LogP contribution in [0, 0.1) is 0 Å². The Bertz CT molecular complexity index is 1130. The molecular weight excluding hydrogens is 399 g/mol. The van der Waals surface area contributed by atoms with Gasteiger partial charge >= 0.3 is 0 Å². The van der Waals surface area contributed by atoms with Gasteiger partial charge in [0.2, 0.25) is 0 Å². The number of benzene rings is 4. The maximum Gasteiger partial charge on any atom is 0.132 e. The SMILES string of the molecule is C[C@@H]1Oc2ccccc2-c2c(cccc2P(c2ccccc2)c2ccccc2)O[C@H]1C. The lowest BCUT2D eigenvalue weighted by Crippen LogP contribution is -2.33. The van der Waals surface area contributed by atoms with E-state index in [0.717, 1.165) is 22.6 Å². The van der Waals surface area contributed by atoms with Crippen LogP contribution in [-0.2, 0) is 0 Å². The smallest absolute Gasteiger partial charge is 0.132 e. The van der Waals surface area contributed by atoms with Gasteiger partial charge in [0.15, 0.2) is 0 Å². The Labute approximate surface area is 185 Å². The van der Waals surface area contributed by atoms with Crippen LogP contribution in [0.25, 0.3) is 11.1 Å². The average molecular weight is 424 g/mol. The van der Waals surface area contributed by atoms with Crippen LogP contribution in [0.3, 0.4) is 0 Å². The van der Waals surface area contributed by atoms with Crippen molar-refractivity contribution < 1.29 is 9.47 Å². The fourth-order valence-corrected chi connectivity index (χ4v) is 6.51. The van der Waals surface area contributed by atoms with Crippen LogP contribution >= 0.6 is 7.92 Å². The van der Waals surface area contributed by atoms with E-state index in [1.165, 1.54) is 15.9 Å². The summed E-state index contributed by atoms with van der Waals surface area (Å²) in [7, 11) is -0.767. The highest BCUT2D eigenvalue weighted by molar-refractivity contribution is 7.80. The molecule has 1 heterocycles. The van der Waals surface area contributed by atoms with Crippen LogP contribution in [0.2, 0.25) is 0 Å². The summed E-state index contributed by atoms with van der Waals surface area (Å²) >= 11 is 0. The van der Waals surface area contributed by atoms with Crippen molar-refractivity contribution in [2.24, 2.45) is 0 Å². The first-order valence-electron chi connectivity index (χ1n) is 10.7. The molecule has 0 amide bonds. The first-order valence-corrected chi connectivity index (χ1v) is 12.0. The second kappa shape index (κ2) is 8.57. The van der Waals surface area contributed by atoms with E-state index in [1.54, 1.807) is 0 Å². The maximum atomic E-state index is 6.45. The van der Waals surface area contributed by atoms with E-state index in [4.69, 9.17) is 9.47 Å². The van der Waals surface area contributed by atoms with Crippen LogP contribution in [0.4, 0.5) is 0 Å². The van der Waals surface area contributed by atoms with E-state index in [2.05, 4.69) is 111 Å². The molecule has 1 aliphatic heterocycles. The molecule has 2 nitrogen and oxygen atoms in total. The third-order valence-electron chi connectivity index (χ3n) is 5.72. The van der Waals surface area contributed by atoms with Gasteiger partial charge in [-0.1, -0.05) is 91.0 Å². The number of hydrogen-bond donors (Lipinski definition) is 0. The normalized spacial score (nSPS) is 17.5. The standard InChI is InChI=1S/C28H25O2P/c1-20-21(2)30-26-18-11-19-27(28(26)24-16-9-10-17-25(24)29-20)31(22-12-5-3-6-13-22)23-14-7-4-8-15-23/h3-21H,1-2H3/t20-,21-/m0/s1. The first-order chi connectivity index (χ1) is 15.2. The van der Waals surface area contributed by atoms with Gasteiger partial charge in [0, 0.05) is 11.1 Å². The lowest BCUT2D eigenvalue weighted by Gasteiger charge is -2.31. The molecule has 0 aliphatic carbocycles. The van der Waals surface area contributed by atoms with Crippen molar-refractivity contribution in [1.29, 1.82) is 0 Å². The third kappa shape index (κ3) is 3.84. The quantitative estimate of drug-likeness (QED) is 0.395. The molecule has 4 aromatic rings. The fraction of sp³-hybridized carbons (Fsp3) is 0.143. The van der Waals surface area contributed by atoms with Crippen LogP contribution in [0.5, 0.6) is 11.5 Å². The molecule has 3 heteroatoms. The zero-order chi connectivity index (χ0) is 21.2. The Kier molecular flexibility index (Phi) is 5.49. The molecule has 5 rings (SSSR count). The summed E-state index contributed by atoms with van der Waals surface area (Å²) in [5.74, 6) is 1.84.